The Balaban J connectivity index is 2.14. The van der Waals surface area contributed by atoms with Gasteiger partial charge in [-0.05, 0) is 20.4 Å². The standard InChI is InChI=1S/C12H22N2O3/c1-10-7-12(8-11(15)16,9-13(10)2)14-3-5-17-6-4-14/h10H,3-9H2,1-2H3,(H,15,16). The second kappa shape index (κ2) is 4.92. The molecule has 0 aliphatic carbocycles. The molecule has 0 radical (unpaired) electrons. The van der Waals surface area contributed by atoms with E-state index >= 15 is 0 Å². The van der Waals surface area contributed by atoms with Gasteiger partial charge in [-0.1, -0.05) is 0 Å². The Morgan fingerprint density at radius 3 is 2.59 bits per heavy atom. The van der Waals surface area contributed by atoms with Gasteiger partial charge in [-0.3, -0.25) is 9.69 Å². The summed E-state index contributed by atoms with van der Waals surface area (Å²) in [5.74, 6) is -0.695. The zero-order valence-corrected chi connectivity index (χ0v) is 10.7. The maximum atomic E-state index is 11.1. The molecule has 5 heteroatoms. The molecule has 0 aromatic rings. The van der Waals surface area contributed by atoms with E-state index in [9.17, 15) is 4.79 Å². The first-order valence-corrected chi connectivity index (χ1v) is 6.28. The molecule has 1 N–H and O–H groups in total. The first-order valence-electron chi connectivity index (χ1n) is 6.28. The van der Waals surface area contributed by atoms with E-state index < -0.39 is 5.97 Å². The number of nitrogens with zero attached hydrogens (tertiary/aromatic N) is 2. The van der Waals surface area contributed by atoms with Crippen LogP contribution < -0.4 is 0 Å². The number of carboxylic acid groups (broad SMARTS) is 1. The molecule has 2 heterocycles. The summed E-state index contributed by atoms with van der Waals surface area (Å²) in [4.78, 5) is 15.7. The van der Waals surface area contributed by atoms with Crippen molar-refractivity contribution in [1.82, 2.24) is 9.80 Å². The van der Waals surface area contributed by atoms with Crippen molar-refractivity contribution in [1.29, 1.82) is 0 Å². The van der Waals surface area contributed by atoms with Gasteiger partial charge in [0.2, 0.25) is 0 Å². The summed E-state index contributed by atoms with van der Waals surface area (Å²) in [6.07, 6.45) is 1.18. The number of aliphatic carboxylic acids is 1. The highest BCUT2D eigenvalue weighted by Crippen LogP contribution is 2.34. The Hall–Kier alpha value is -0.650. The van der Waals surface area contributed by atoms with Crippen molar-refractivity contribution in [3.63, 3.8) is 0 Å². The summed E-state index contributed by atoms with van der Waals surface area (Å²) in [6.45, 7) is 6.17. The van der Waals surface area contributed by atoms with Crippen LogP contribution in [0.1, 0.15) is 19.8 Å². The van der Waals surface area contributed by atoms with Gasteiger partial charge in [-0.15, -0.1) is 0 Å². The zero-order chi connectivity index (χ0) is 12.5. The highest BCUT2D eigenvalue weighted by molar-refractivity contribution is 5.68. The highest BCUT2D eigenvalue weighted by atomic mass is 16.5. The maximum Gasteiger partial charge on any atom is 0.305 e. The van der Waals surface area contributed by atoms with Crippen LogP contribution in [0.25, 0.3) is 0 Å². The molecule has 2 unspecified atom stereocenters. The van der Waals surface area contributed by atoms with Crippen LogP contribution in [0.4, 0.5) is 0 Å². The fourth-order valence-electron chi connectivity index (χ4n) is 3.18. The number of hydrogen-bond donors (Lipinski definition) is 1. The third-order valence-corrected chi connectivity index (χ3v) is 4.13. The Kier molecular flexibility index (Phi) is 3.70. The minimum absolute atomic E-state index is 0.191. The van der Waals surface area contributed by atoms with E-state index in [4.69, 9.17) is 9.84 Å². The molecule has 17 heavy (non-hydrogen) atoms. The van der Waals surface area contributed by atoms with Crippen molar-refractivity contribution in [2.75, 3.05) is 39.9 Å². The lowest BCUT2D eigenvalue weighted by molar-refractivity contribution is -0.141. The predicted molar refractivity (Wildman–Crippen MR) is 64.1 cm³/mol. The van der Waals surface area contributed by atoms with E-state index in [1.54, 1.807) is 0 Å². The average molecular weight is 242 g/mol. The Bertz CT molecular complexity index is 279. The summed E-state index contributed by atoms with van der Waals surface area (Å²) < 4.78 is 5.36. The average Bonchev–Trinajstić information content (AvgIpc) is 2.56. The van der Waals surface area contributed by atoms with E-state index in [0.717, 1.165) is 39.3 Å². The molecule has 2 saturated heterocycles. The van der Waals surface area contributed by atoms with Gasteiger partial charge >= 0.3 is 5.97 Å². The molecule has 0 bridgehead atoms. The zero-order valence-electron chi connectivity index (χ0n) is 10.7. The van der Waals surface area contributed by atoms with Crippen LogP contribution in [0.3, 0.4) is 0 Å². The van der Waals surface area contributed by atoms with Gasteiger partial charge in [0.05, 0.1) is 19.6 Å². The largest absolute Gasteiger partial charge is 0.481 e. The van der Waals surface area contributed by atoms with Gasteiger partial charge in [0.15, 0.2) is 0 Å². The minimum Gasteiger partial charge on any atom is -0.481 e. The first kappa shape index (κ1) is 12.8. The first-order chi connectivity index (χ1) is 8.03. The fourth-order valence-corrected chi connectivity index (χ4v) is 3.18. The van der Waals surface area contributed by atoms with Gasteiger partial charge in [0.25, 0.3) is 0 Å². The lowest BCUT2D eigenvalue weighted by atomic mass is 9.89. The van der Waals surface area contributed by atoms with E-state index in [1.165, 1.54) is 0 Å². The number of morpholine rings is 1. The molecule has 0 aromatic carbocycles. The number of carbonyl (C=O) groups is 1. The fraction of sp³-hybridized carbons (Fsp3) is 0.917. The van der Waals surface area contributed by atoms with Crippen LogP contribution in [0.2, 0.25) is 0 Å². The summed E-state index contributed by atoms with van der Waals surface area (Å²) in [5.41, 5.74) is -0.191. The molecule has 2 atom stereocenters. The van der Waals surface area contributed by atoms with Crippen molar-refractivity contribution in [3.05, 3.63) is 0 Å². The van der Waals surface area contributed by atoms with E-state index in [0.29, 0.717) is 6.04 Å². The molecule has 5 nitrogen and oxygen atoms in total. The van der Waals surface area contributed by atoms with Crippen LogP contribution in [-0.4, -0.2) is 72.4 Å². The second-order valence-corrected chi connectivity index (χ2v) is 5.36. The molecule has 0 saturated carbocycles. The van der Waals surface area contributed by atoms with E-state index in [-0.39, 0.29) is 12.0 Å². The Morgan fingerprint density at radius 2 is 2.12 bits per heavy atom. The lowest BCUT2D eigenvalue weighted by Crippen LogP contribution is -2.55. The molecule has 2 aliphatic heterocycles. The van der Waals surface area contributed by atoms with Crippen LogP contribution in [0.15, 0.2) is 0 Å². The smallest absolute Gasteiger partial charge is 0.305 e. The van der Waals surface area contributed by atoms with Crippen molar-refractivity contribution in [2.45, 2.75) is 31.3 Å². The number of carboxylic acids is 1. The van der Waals surface area contributed by atoms with Gasteiger partial charge in [0.1, 0.15) is 0 Å². The van der Waals surface area contributed by atoms with Crippen molar-refractivity contribution in [2.24, 2.45) is 0 Å². The highest BCUT2D eigenvalue weighted by Gasteiger charge is 2.46. The normalized spacial score (nSPS) is 36.2. The third kappa shape index (κ3) is 2.61. The molecule has 2 fully saturated rings. The molecular weight excluding hydrogens is 220 g/mol. The Morgan fingerprint density at radius 1 is 1.47 bits per heavy atom. The maximum absolute atomic E-state index is 11.1. The summed E-state index contributed by atoms with van der Waals surface area (Å²) in [6, 6.07) is 0.456. The van der Waals surface area contributed by atoms with Crippen LogP contribution >= 0.6 is 0 Å². The quantitative estimate of drug-likeness (QED) is 0.769. The predicted octanol–water partition coefficient (Wildman–Crippen LogP) is 0.256. The van der Waals surface area contributed by atoms with E-state index in [2.05, 4.69) is 23.8 Å². The number of likely N-dealkylation sites (tertiary alicyclic amines) is 1. The van der Waals surface area contributed by atoms with Crippen LogP contribution in [0.5, 0.6) is 0 Å². The Labute approximate surface area is 102 Å². The van der Waals surface area contributed by atoms with Crippen molar-refractivity contribution in [3.8, 4) is 0 Å². The summed E-state index contributed by atoms with van der Waals surface area (Å²) in [5, 5.41) is 9.17. The molecule has 2 aliphatic rings. The minimum atomic E-state index is -0.695. The van der Waals surface area contributed by atoms with Gasteiger partial charge < -0.3 is 14.7 Å². The SMILES string of the molecule is CC1CC(CC(=O)O)(N2CCOCC2)CN1C. The molecule has 0 amide bonds. The lowest BCUT2D eigenvalue weighted by Gasteiger charge is -2.42. The van der Waals surface area contributed by atoms with E-state index in [1.807, 2.05) is 0 Å². The monoisotopic (exact) mass is 242 g/mol. The molecule has 0 spiro atoms. The molecule has 98 valence electrons. The molecule has 0 aromatic heterocycles. The van der Waals surface area contributed by atoms with Gasteiger partial charge in [-0.2, -0.15) is 0 Å². The summed E-state index contributed by atoms with van der Waals surface area (Å²) >= 11 is 0. The number of ether oxygens (including phenoxy) is 1. The molecule has 2 rings (SSSR count). The van der Waals surface area contributed by atoms with Gasteiger partial charge in [-0.25, -0.2) is 0 Å². The summed E-state index contributed by atoms with van der Waals surface area (Å²) in [7, 11) is 2.08. The molecular formula is C12H22N2O3. The number of likely N-dealkylation sites (N-methyl/N-ethyl adjacent to an activating group) is 1. The van der Waals surface area contributed by atoms with Crippen molar-refractivity contribution >= 4 is 5.97 Å². The topological polar surface area (TPSA) is 53.0 Å². The van der Waals surface area contributed by atoms with Crippen LogP contribution in [-0.2, 0) is 9.53 Å². The van der Waals surface area contributed by atoms with Gasteiger partial charge in [0, 0.05) is 31.2 Å². The third-order valence-electron chi connectivity index (χ3n) is 4.13. The van der Waals surface area contributed by atoms with Crippen LogP contribution in [0, 0.1) is 0 Å². The second-order valence-electron chi connectivity index (χ2n) is 5.36. The van der Waals surface area contributed by atoms with Crippen molar-refractivity contribution < 1.29 is 14.6 Å². The number of hydrogen-bond acceptors (Lipinski definition) is 4. The number of rotatable bonds is 3.